The maximum absolute atomic E-state index is 12.6. The molecule has 0 spiro atoms. The van der Waals surface area contributed by atoms with Gasteiger partial charge in [0, 0.05) is 0 Å². The fraction of sp³-hybridized carbons (Fsp3) is 0.467. The van der Waals surface area contributed by atoms with E-state index in [4.69, 9.17) is 23.2 Å². The lowest BCUT2D eigenvalue weighted by molar-refractivity contribution is -0.144. The van der Waals surface area contributed by atoms with Gasteiger partial charge in [-0.15, -0.1) is 0 Å². The third kappa shape index (κ3) is 5.85. The number of alkyl halides is 2. The van der Waals surface area contributed by atoms with Crippen molar-refractivity contribution in [2.75, 3.05) is 7.11 Å². The summed E-state index contributed by atoms with van der Waals surface area (Å²) < 4.78 is 32.0. The van der Waals surface area contributed by atoms with Gasteiger partial charge in [-0.2, -0.15) is 4.72 Å². The lowest BCUT2D eigenvalue weighted by atomic mass is 9.95. The standard InChI is InChI=1S/C15H20Cl2N2O5S/c1-9-5-7-10(8-6-9)25(22,23)19-11(14(21)24-4)15(2,3)18-13(20)12(16)17/h5-8,11-12,19H,1-4H3,(H,18,20)/t11-/m0/s1. The van der Waals surface area contributed by atoms with Crippen LogP contribution < -0.4 is 10.0 Å². The minimum Gasteiger partial charge on any atom is -0.468 e. The molecule has 1 amide bonds. The molecule has 0 aromatic heterocycles. The van der Waals surface area contributed by atoms with Crippen molar-refractivity contribution >= 4 is 45.1 Å². The monoisotopic (exact) mass is 410 g/mol. The smallest absolute Gasteiger partial charge is 0.326 e. The van der Waals surface area contributed by atoms with E-state index in [2.05, 4.69) is 14.8 Å². The molecule has 0 aliphatic heterocycles. The van der Waals surface area contributed by atoms with Crippen molar-refractivity contribution in [2.45, 2.75) is 42.1 Å². The Morgan fingerprint density at radius 1 is 1.16 bits per heavy atom. The molecule has 0 saturated heterocycles. The Morgan fingerprint density at radius 3 is 2.12 bits per heavy atom. The second-order valence-corrected chi connectivity index (χ2v) is 8.71. The number of esters is 1. The minimum absolute atomic E-state index is 0.0262. The highest BCUT2D eigenvalue weighted by molar-refractivity contribution is 7.89. The van der Waals surface area contributed by atoms with Crippen LogP contribution in [0.25, 0.3) is 0 Å². The van der Waals surface area contributed by atoms with Crippen LogP contribution in [0.3, 0.4) is 0 Å². The van der Waals surface area contributed by atoms with Gasteiger partial charge in [-0.05, 0) is 32.9 Å². The van der Waals surface area contributed by atoms with Gasteiger partial charge in [0.1, 0.15) is 6.04 Å². The van der Waals surface area contributed by atoms with Gasteiger partial charge in [-0.3, -0.25) is 9.59 Å². The number of halogens is 2. The Labute approximate surface area is 157 Å². The number of rotatable bonds is 7. The van der Waals surface area contributed by atoms with Gasteiger partial charge in [0.2, 0.25) is 10.0 Å². The van der Waals surface area contributed by atoms with Gasteiger partial charge < -0.3 is 10.1 Å². The molecular formula is C15H20Cl2N2O5S. The molecule has 1 atom stereocenters. The number of ether oxygens (including phenoxy) is 1. The second kappa shape index (κ2) is 8.35. The van der Waals surface area contributed by atoms with Crippen LogP contribution in [0.1, 0.15) is 19.4 Å². The van der Waals surface area contributed by atoms with Gasteiger partial charge >= 0.3 is 5.97 Å². The van der Waals surface area contributed by atoms with E-state index in [-0.39, 0.29) is 4.90 Å². The molecule has 1 aromatic rings. The number of carbonyl (C=O) groups is 2. The number of nitrogens with one attached hydrogen (secondary N) is 2. The van der Waals surface area contributed by atoms with Crippen molar-refractivity contribution in [3.63, 3.8) is 0 Å². The molecule has 0 fully saturated rings. The Bertz CT molecular complexity index is 733. The first kappa shape index (κ1) is 21.7. The highest BCUT2D eigenvalue weighted by Crippen LogP contribution is 2.17. The van der Waals surface area contributed by atoms with E-state index in [0.717, 1.165) is 12.7 Å². The average Bonchev–Trinajstić information content (AvgIpc) is 2.51. The summed E-state index contributed by atoms with van der Waals surface area (Å²) in [5.41, 5.74) is -0.476. The summed E-state index contributed by atoms with van der Waals surface area (Å²) in [4.78, 5) is 22.5. The molecule has 25 heavy (non-hydrogen) atoms. The number of hydrogen-bond acceptors (Lipinski definition) is 5. The van der Waals surface area contributed by atoms with Crippen molar-refractivity contribution in [1.82, 2.24) is 10.0 Å². The molecule has 1 rings (SSSR count). The Kier molecular flexibility index (Phi) is 7.25. The third-order valence-electron chi connectivity index (χ3n) is 3.41. The van der Waals surface area contributed by atoms with Crippen LogP contribution in [0, 0.1) is 6.92 Å². The van der Waals surface area contributed by atoms with Gasteiger partial charge in [0.25, 0.3) is 5.91 Å². The van der Waals surface area contributed by atoms with Crippen LogP contribution in [-0.2, 0) is 24.3 Å². The van der Waals surface area contributed by atoms with Crippen molar-refractivity contribution in [3.8, 4) is 0 Å². The summed E-state index contributed by atoms with van der Waals surface area (Å²) in [6, 6.07) is 4.66. The van der Waals surface area contributed by atoms with Crippen molar-refractivity contribution in [2.24, 2.45) is 0 Å². The van der Waals surface area contributed by atoms with E-state index < -0.39 is 38.3 Å². The van der Waals surface area contributed by atoms with Crippen LogP contribution in [0.5, 0.6) is 0 Å². The normalized spacial score (nSPS) is 13.4. The molecule has 0 heterocycles. The number of benzene rings is 1. The molecule has 10 heteroatoms. The van der Waals surface area contributed by atoms with E-state index in [1.54, 1.807) is 12.1 Å². The number of sulfonamides is 1. The molecule has 1 aromatic carbocycles. The zero-order valence-corrected chi connectivity index (χ0v) is 16.5. The fourth-order valence-corrected chi connectivity index (χ4v) is 3.43. The summed E-state index contributed by atoms with van der Waals surface area (Å²) in [5.74, 6) is -1.64. The fourth-order valence-electron chi connectivity index (χ4n) is 1.99. The van der Waals surface area contributed by atoms with Crippen LogP contribution in [-0.4, -0.2) is 43.8 Å². The molecule has 0 aliphatic rings. The van der Waals surface area contributed by atoms with E-state index >= 15 is 0 Å². The SMILES string of the molecule is COC(=O)[C@H](NS(=O)(=O)c1ccc(C)cc1)C(C)(C)NC(=O)C(Cl)Cl. The lowest BCUT2D eigenvalue weighted by Crippen LogP contribution is -2.62. The zero-order valence-electron chi connectivity index (χ0n) is 14.2. The Hall–Kier alpha value is -1.35. The van der Waals surface area contributed by atoms with Crippen LogP contribution >= 0.6 is 23.2 Å². The zero-order chi connectivity index (χ0) is 19.4. The van der Waals surface area contributed by atoms with Gasteiger partial charge in [0.05, 0.1) is 17.5 Å². The molecular weight excluding hydrogens is 391 g/mol. The molecule has 2 N–H and O–H groups in total. The average molecular weight is 411 g/mol. The molecule has 0 unspecified atom stereocenters. The minimum atomic E-state index is -4.04. The van der Waals surface area contributed by atoms with E-state index in [1.807, 2.05) is 6.92 Å². The quantitative estimate of drug-likeness (QED) is 0.523. The van der Waals surface area contributed by atoms with E-state index in [9.17, 15) is 18.0 Å². The van der Waals surface area contributed by atoms with E-state index in [0.29, 0.717) is 0 Å². The van der Waals surface area contributed by atoms with Crippen molar-refractivity contribution in [3.05, 3.63) is 29.8 Å². The van der Waals surface area contributed by atoms with Crippen LogP contribution in [0.2, 0.25) is 0 Å². The van der Waals surface area contributed by atoms with Gasteiger partial charge in [0.15, 0.2) is 4.84 Å². The highest BCUT2D eigenvalue weighted by atomic mass is 35.5. The molecule has 140 valence electrons. The number of hydrogen-bond donors (Lipinski definition) is 2. The first-order valence-electron chi connectivity index (χ1n) is 7.17. The van der Waals surface area contributed by atoms with Gasteiger partial charge in [-0.25, -0.2) is 8.42 Å². The number of aryl methyl sites for hydroxylation is 1. The van der Waals surface area contributed by atoms with Crippen molar-refractivity contribution < 1.29 is 22.7 Å². The Balaban J connectivity index is 3.17. The number of carbonyl (C=O) groups excluding carboxylic acids is 2. The summed E-state index contributed by atoms with van der Waals surface area (Å²) >= 11 is 11.0. The predicted octanol–water partition coefficient (Wildman–Crippen LogP) is 1.51. The molecule has 7 nitrogen and oxygen atoms in total. The van der Waals surface area contributed by atoms with Crippen LogP contribution in [0.4, 0.5) is 0 Å². The maximum atomic E-state index is 12.6. The maximum Gasteiger partial charge on any atom is 0.326 e. The first-order valence-corrected chi connectivity index (χ1v) is 9.53. The summed E-state index contributed by atoms with van der Waals surface area (Å²) in [5, 5.41) is 2.42. The molecule has 0 aliphatic carbocycles. The summed E-state index contributed by atoms with van der Waals surface area (Å²) in [6.07, 6.45) is 0. The Morgan fingerprint density at radius 2 is 1.68 bits per heavy atom. The summed E-state index contributed by atoms with van der Waals surface area (Å²) in [6.45, 7) is 4.70. The summed E-state index contributed by atoms with van der Waals surface area (Å²) in [7, 11) is -2.93. The molecule has 0 saturated carbocycles. The molecule has 0 radical (unpaired) electrons. The second-order valence-electron chi connectivity index (χ2n) is 5.90. The highest BCUT2D eigenvalue weighted by Gasteiger charge is 2.41. The first-order chi connectivity index (χ1) is 11.4. The lowest BCUT2D eigenvalue weighted by Gasteiger charge is -2.33. The largest absolute Gasteiger partial charge is 0.468 e. The van der Waals surface area contributed by atoms with Crippen LogP contribution in [0.15, 0.2) is 29.2 Å². The number of methoxy groups -OCH3 is 1. The van der Waals surface area contributed by atoms with Gasteiger partial charge in [-0.1, -0.05) is 40.9 Å². The third-order valence-corrected chi connectivity index (χ3v) is 5.24. The topological polar surface area (TPSA) is 102 Å². The van der Waals surface area contributed by atoms with Crippen molar-refractivity contribution in [1.29, 1.82) is 0 Å². The number of amides is 1. The molecule has 0 bridgehead atoms. The van der Waals surface area contributed by atoms with E-state index in [1.165, 1.54) is 26.0 Å². The predicted molar refractivity (Wildman–Crippen MR) is 95.0 cm³/mol.